The number of carbonyl (C=O) groups is 2. The first-order valence-corrected chi connectivity index (χ1v) is 11.4. The second kappa shape index (κ2) is 9.80. The molecule has 162 valence electrons. The van der Waals surface area contributed by atoms with Crippen molar-refractivity contribution in [2.24, 2.45) is 0 Å². The third-order valence-electron chi connectivity index (χ3n) is 4.93. The summed E-state index contributed by atoms with van der Waals surface area (Å²) in [6, 6.07) is 11.3. The normalized spacial score (nSPS) is 15.4. The van der Waals surface area contributed by atoms with Crippen molar-refractivity contribution in [3.05, 3.63) is 40.2 Å². The molecule has 0 atom stereocenters. The Kier molecular flexibility index (Phi) is 7.38. The second-order valence-electron chi connectivity index (χ2n) is 7.84. The minimum Gasteiger partial charge on any atom is -0.399 e. The molecule has 2 heterocycles. The average molecular weight is 495 g/mol. The van der Waals surface area contributed by atoms with Gasteiger partial charge >= 0.3 is 6.09 Å². The Bertz CT molecular complexity index is 885. The maximum atomic E-state index is 12.7. The summed E-state index contributed by atoms with van der Waals surface area (Å²) in [6.45, 7) is 7.43. The molecule has 2 aromatic rings. The van der Waals surface area contributed by atoms with Gasteiger partial charge in [0.15, 0.2) is 5.06 Å². The second-order valence-corrected chi connectivity index (χ2v) is 10.3. The van der Waals surface area contributed by atoms with Crippen LogP contribution in [0.4, 0.5) is 16.2 Å². The van der Waals surface area contributed by atoms with Crippen LogP contribution in [0.15, 0.2) is 40.2 Å². The SMILES string of the molecule is CN1CCCN(c2ccc(NC(=O)C(C)(C)NC(=O)Oc3ccc(Br)s3)cc2)CC1. The molecule has 30 heavy (non-hydrogen) atoms. The predicted octanol–water partition coefficient (Wildman–Crippen LogP) is 4.16. The lowest BCUT2D eigenvalue weighted by molar-refractivity contribution is -0.121. The Morgan fingerprint density at radius 2 is 1.80 bits per heavy atom. The van der Waals surface area contributed by atoms with Gasteiger partial charge < -0.3 is 25.2 Å². The fourth-order valence-corrected chi connectivity index (χ4v) is 4.32. The molecule has 2 amide bonds. The first-order valence-electron chi connectivity index (χ1n) is 9.83. The molecule has 1 aliphatic rings. The predicted molar refractivity (Wildman–Crippen MR) is 125 cm³/mol. The van der Waals surface area contributed by atoms with Crippen molar-refractivity contribution in [3.8, 4) is 5.06 Å². The van der Waals surface area contributed by atoms with Crippen LogP contribution < -0.4 is 20.3 Å². The highest BCUT2D eigenvalue weighted by molar-refractivity contribution is 9.11. The molecule has 2 N–H and O–H groups in total. The molecule has 1 fully saturated rings. The van der Waals surface area contributed by atoms with Gasteiger partial charge in [-0.05, 0) is 86.2 Å². The number of nitrogens with zero attached hydrogens (tertiary/aromatic N) is 2. The number of thiophene rings is 1. The Hall–Kier alpha value is -2.10. The minimum atomic E-state index is -1.14. The van der Waals surface area contributed by atoms with E-state index in [1.807, 2.05) is 24.3 Å². The molecule has 1 saturated heterocycles. The van der Waals surface area contributed by atoms with E-state index in [0.717, 1.165) is 42.1 Å². The summed E-state index contributed by atoms with van der Waals surface area (Å²) in [5.74, 6) is -0.323. The molecule has 1 aliphatic heterocycles. The smallest absolute Gasteiger partial charge is 0.399 e. The standard InChI is InChI=1S/C21H27BrN4O3S/c1-21(2,24-20(28)29-18-10-9-17(22)30-18)19(27)23-15-5-7-16(8-6-15)26-12-4-11-25(3)13-14-26/h5-10H,4,11-14H2,1-3H3,(H,23,27)(H,24,28). The number of ether oxygens (including phenoxy) is 1. The van der Waals surface area contributed by atoms with Gasteiger partial charge in [0, 0.05) is 31.0 Å². The maximum absolute atomic E-state index is 12.7. The largest absolute Gasteiger partial charge is 0.414 e. The van der Waals surface area contributed by atoms with E-state index in [-0.39, 0.29) is 5.91 Å². The molecule has 0 radical (unpaired) electrons. The van der Waals surface area contributed by atoms with Gasteiger partial charge in [0.05, 0.1) is 3.79 Å². The van der Waals surface area contributed by atoms with E-state index in [2.05, 4.69) is 43.4 Å². The fourth-order valence-electron chi connectivity index (χ4n) is 3.13. The van der Waals surface area contributed by atoms with E-state index in [1.54, 1.807) is 26.0 Å². The van der Waals surface area contributed by atoms with Gasteiger partial charge in [-0.3, -0.25) is 4.79 Å². The fraction of sp³-hybridized carbons (Fsp3) is 0.429. The van der Waals surface area contributed by atoms with Crippen LogP contribution in [0.5, 0.6) is 5.06 Å². The van der Waals surface area contributed by atoms with Crippen LogP contribution in [0.2, 0.25) is 0 Å². The third kappa shape index (κ3) is 6.20. The van der Waals surface area contributed by atoms with E-state index >= 15 is 0 Å². The summed E-state index contributed by atoms with van der Waals surface area (Å²) in [7, 11) is 2.15. The van der Waals surface area contributed by atoms with Crippen molar-refractivity contribution in [2.75, 3.05) is 43.4 Å². The topological polar surface area (TPSA) is 73.9 Å². The summed E-state index contributed by atoms with van der Waals surface area (Å²) in [5.41, 5.74) is 0.687. The molecule has 0 saturated carbocycles. The molecule has 0 bridgehead atoms. The summed E-state index contributed by atoms with van der Waals surface area (Å²) in [5, 5.41) is 5.93. The molecule has 1 aromatic carbocycles. The molecular formula is C21H27BrN4O3S. The van der Waals surface area contributed by atoms with Gasteiger partial charge in [-0.25, -0.2) is 4.79 Å². The van der Waals surface area contributed by atoms with Gasteiger partial charge in [0.1, 0.15) is 5.54 Å². The highest BCUT2D eigenvalue weighted by Gasteiger charge is 2.30. The summed E-state index contributed by atoms with van der Waals surface area (Å²) >= 11 is 4.61. The van der Waals surface area contributed by atoms with Crippen LogP contribution in [0, 0.1) is 0 Å². The van der Waals surface area contributed by atoms with Gasteiger partial charge in [-0.2, -0.15) is 0 Å². The van der Waals surface area contributed by atoms with Crippen LogP contribution in [0.1, 0.15) is 20.3 Å². The lowest BCUT2D eigenvalue weighted by Gasteiger charge is -2.25. The Morgan fingerprint density at radius 3 is 2.47 bits per heavy atom. The van der Waals surface area contributed by atoms with Crippen molar-refractivity contribution in [1.29, 1.82) is 0 Å². The number of amides is 2. The number of anilines is 2. The first-order chi connectivity index (χ1) is 14.2. The van der Waals surface area contributed by atoms with E-state index in [0.29, 0.717) is 10.8 Å². The van der Waals surface area contributed by atoms with E-state index in [9.17, 15) is 9.59 Å². The molecule has 0 unspecified atom stereocenters. The van der Waals surface area contributed by atoms with Gasteiger partial charge in [-0.15, -0.1) is 0 Å². The van der Waals surface area contributed by atoms with E-state index in [4.69, 9.17) is 4.74 Å². The molecule has 0 spiro atoms. The van der Waals surface area contributed by atoms with Gasteiger partial charge in [0.2, 0.25) is 5.91 Å². The van der Waals surface area contributed by atoms with Crippen LogP contribution in [0.25, 0.3) is 0 Å². The monoisotopic (exact) mass is 494 g/mol. The number of hydrogen-bond acceptors (Lipinski definition) is 6. The number of nitrogens with one attached hydrogen (secondary N) is 2. The highest BCUT2D eigenvalue weighted by Crippen LogP contribution is 2.28. The molecule has 7 nitrogen and oxygen atoms in total. The number of rotatable bonds is 5. The van der Waals surface area contributed by atoms with Crippen LogP contribution in [0.3, 0.4) is 0 Å². The number of benzene rings is 1. The number of carbonyl (C=O) groups excluding carboxylic acids is 2. The summed E-state index contributed by atoms with van der Waals surface area (Å²) in [4.78, 5) is 29.5. The van der Waals surface area contributed by atoms with Crippen molar-refractivity contribution < 1.29 is 14.3 Å². The Morgan fingerprint density at radius 1 is 1.07 bits per heavy atom. The lowest BCUT2D eigenvalue weighted by atomic mass is 10.0. The zero-order chi connectivity index (χ0) is 21.7. The third-order valence-corrected chi connectivity index (χ3v) is 6.44. The number of likely N-dealkylation sites (N-methyl/N-ethyl adjacent to an activating group) is 1. The molecular weight excluding hydrogens is 468 g/mol. The number of hydrogen-bond donors (Lipinski definition) is 2. The lowest BCUT2D eigenvalue weighted by Crippen LogP contribution is -2.53. The van der Waals surface area contributed by atoms with Crippen LogP contribution in [-0.2, 0) is 4.79 Å². The van der Waals surface area contributed by atoms with E-state index < -0.39 is 11.6 Å². The van der Waals surface area contributed by atoms with Crippen molar-refractivity contribution in [3.63, 3.8) is 0 Å². The van der Waals surface area contributed by atoms with Crippen LogP contribution in [-0.4, -0.2) is 55.7 Å². The summed E-state index contributed by atoms with van der Waals surface area (Å²) in [6.07, 6.45) is 0.457. The molecule has 3 rings (SSSR count). The van der Waals surface area contributed by atoms with Crippen molar-refractivity contribution >= 4 is 50.6 Å². The Labute approximate surface area is 189 Å². The zero-order valence-electron chi connectivity index (χ0n) is 17.4. The van der Waals surface area contributed by atoms with E-state index in [1.165, 1.54) is 11.3 Å². The van der Waals surface area contributed by atoms with Crippen LogP contribution >= 0.6 is 27.3 Å². The average Bonchev–Trinajstić information content (AvgIpc) is 2.96. The number of halogens is 1. The molecule has 1 aromatic heterocycles. The first kappa shape index (κ1) is 22.6. The maximum Gasteiger partial charge on any atom is 0.414 e. The minimum absolute atomic E-state index is 0.323. The molecule has 0 aliphatic carbocycles. The Balaban J connectivity index is 1.55. The highest BCUT2D eigenvalue weighted by atomic mass is 79.9. The summed E-state index contributed by atoms with van der Waals surface area (Å²) < 4.78 is 6.08. The van der Waals surface area contributed by atoms with Gasteiger partial charge in [0.25, 0.3) is 0 Å². The van der Waals surface area contributed by atoms with Crippen molar-refractivity contribution in [2.45, 2.75) is 25.8 Å². The molecule has 9 heteroatoms. The van der Waals surface area contributed by atoms with Crippen molar-refractivity contribution in [1.82, 2.24) is 10.2 Å². The zero-order valence-corrected chi connectivity index (χ0v) is 19.8. The quantitative estimate of drug-likeness (QED) is 0.652. The van der Waals surface area contributed by atoms with Gasteiger partial charge in [-0.1, -0.05) is 11.3 Å².